The van der Waals surface area contributed by atoms with Crippen molar-refractivity contribution in [1.29, 1.82) is 0 Å². The summed E-state index contributed by atoms with van der Waals surface area (Å²) in [6.45, 7) is 3.45. The molecule has 0 unspecified atom stereocenters. The molecule has 1 heterocycles. The predicted molar refractivity (Wildman–Crippen MR) is 70.9 cm³/mol. The summed E-state index contributed by atoms with van der Waals surface area (Å²) in [5, 5.41) is 17.0. The number of aromatic nitrogens is 1. The molecule has 6 nitrogen and oxygen atoms in total. The third-order valence-corrected chi connectivity index (χ3v) is 2.93. The van der Waals surface area contributed by atoms with E-state index in [0.29, 0.717) is 18.2 Å². The molecule has 0 saturated heterocycles. The van der Waals surface area contributed by atoms with Gasteiger partial charge in [-0.2, -0.15) is 0 Å². The average Bonchev–Trinajstić information content (AvgIpc) is 3.13. The number of rotatable bonds is 7. The van der Waals surface area contributed by atoms with Crippen molar-refractivity contribution in [2.75, 3.05) is 23.7 Å². The molecule has 1 aliphatic carbocycles. The highest BCUT2D eigenvalue weighted by Gasteiger charge is 2.20. The molecule has 1 aromatic rings. The Labute approximate surface area is 106 Å². The SMILES string of the molecule is CCNc1cc([N+](=O)[O-])cc(NCCC2CC2)n1. The molecule has 0 atom stereocenters. The Morgan fingerprint density at radius 2 is 2.06 bits per heavy atom. The van der Waals surface area contributed by atoms with Crippen molar-refractivity contribution in [2.24, 2.45) is 5.92 Å². The van der Waals surface area contributed by atoms with Crippen LogP contribution in [0.2, 0.25) is 0 Å². The highest BCUT2D eigenvalue weighted by molar-refractivity contribution is 5.54. The van der Waals surface area contributed by atoms with Gasteiger partial charge in [0.05, 0.1) is 17.1 Å². The molecule has 0 spiro atoms. The van der Waals surface area contributed by atoms with E-state index in [2.05, 4.69) is 15.6 Å². The van der Waals surface area contributed by atoms with E-state index >= 15 is 0 Å². The molecule has 0 aromatic carbocycles. The zero-order valence-electron chi connectivity index (χ0n) is 10.5. The van der Waals surface area contributed by atoms with E-state index in [-0.39, 0.29) is 5.69 Å². The lowest BCUT2D eigenvalue weighted by Gasteiger charge is -2.08. The van der Waals surface area contributed by atoms with Gasteiger partial charge in [-0.1, -0.05) is 12.8 Å². The number of hydrogen-bond acceptors (Lipinski definition) is 5. The fourth-order valence-corrected chi connectivity index (χ4v) is 1.79. The van der Waals surface area contributed by atoms with Crippen LogP contribution in [-0.2, 0) is 0 Å². The molecular weight excluding hydrogens is 232 g/mol. The van der Waals surface area contributed by atoms with Crippen molar-refractivity contribution >= 4 is 17.3 Å². The zero-order valence-corrected chi connectivity index (χ0v) is 10.5. The molecule has 2 N–H and O–H groups in total. The van der Waals surface area contributed by atoms with Gasteiger partial charge in [-0.05, 0) is 19.3 Å². The minimum absolute atomic E-state index is 0.0647. The summed E-state index contributed by atoms with van der Waals surface area (Å²) in [6.07, 6.45) is 3.74. The standard InChI is InChI=1S/C12H18N4O2/c1-2-13-11-7-10(16(17)18)8-12(15-11)14-6-5-9-3-4-9/h7-9H,2-6H2,1H3,(H2,13,14,15). The lowest BCUT2D eigenvalue weighted by atomic mass is 10.3. The first-order valence-electron chi connectivity index (χ1n) is 6.33. The van der Waals surface area contributed by atoms with E-state index in [1.165, 1.54) is 25.0 Å². The smallest absolute Gasteiger partial charge is 0.276 e. The van der Waals surface area contributed by atoms with Crippen molar-refractivity contribution in [2.45, 2.75) is 26.2 Å². The Balaban J connectivity index is 2.03. The van der Waals surface area contributed by atoms with Crippen LogP contribution >= 0.6 is 0 Å². The third-order valence-electron chi connectivity index (χ3n) is 2.93. The predicted octanol–water partition coefficient (Wildman–Crippen LogP) is 2.63. The first kappa shape index (κ1) is 12.6. The second kappa shape index (κ2) is 5.66. The minimum atomic E-state index is -0.394. The summed E-state index contributed by atoms with van der Waals surface area (Å²) >= 11 is 0. The summed E-state index contributed by atoms with van der Waals surface area (Å²) in [5.74, 6) is 1.95. The average molecular weight is 250 g/mol. The van der Waals surface area contributed by atoms with Gasteiger partial charge >= 0.3 is 0 Å². The molecule has 1 fully saturated rings. The summed E-state index contributed by atoms with van der Waals surface area (Å²) < 4.78 is 0. The summed E-state index contributed by atoms with van der Waals surface area (Å²) in [7, 11) is 0. The molecule has 0 bridgehead atoms. The van der Waals surface area contributed by atoms with Gasteiger partial charge in [-0.3, -0.25) is 10.1 Å². The summed E-state index contributed by atoms with van der Waals surface area (Å²) in [6, 6.07) is 2.93. The third kappa shape index (κ3) is 3.58. The maximum atomic E-state index is 10.8. The quantitative estimate of drug-likeness (QED) is 0.574. The Bertz CT molecular complexity index is 432. The number of nitrogens with one attached hydrogen (secondary N) is 2. The van der Waals surface area contributed by atoms with Crippen molar-refractivity contribution < 1.29 is 4.92 Å². The summed E-state index contributed by atoms with van der Waals surface area (Å²) in [5.41, 5.74) is 0.0647. The number of hydrogen-bond donors (Lipinski definition) is 2. The molecule has 1 aromatic heterocycles. The van der Waals surface area contributed by atoms with E-state index in [9.17, 15) is 10.1 Å². The molecule has 0 amide bonds. The summed E-state index contributed by atoms with van der Waals surface area (Å²) in [4.78, 5) is 14.7. The number of anilines is 2. The van der Waals surface area contributed by atoms with Crippen LogP contribution in [0.15, 0.2) is 12.1 Å². The van der Waals surface area contributed by atoms with E-state index in [4.69, 9.17) is 0 Å². The van der Waals surface area contributed by atoms with Gasteiger partial charge in [0.15, 0.2) is 0 Å². The fraction of sp³-hybridized carbons (Fsp3) is 0.583. The van der Waals surface area contributed by atoms with E-state index < -0.39 is 4.92 Å². The normalized spacial score (nSPS) is 14.3. The molecule has 0 aliphatic heterocycles. The second-order valence-electron chi connectivity index (χ2n) is 4.54. The van der Waals surface area contributed by atoms with Crippen LogP contribution in [0.4, 0.5) is 17.3 Å². The maximum absolute atomic E-state index is 10.8. The van der Waals surface area contributed by atoms with E-state index in [1.807, 2.05) is 6.92 Å². The van der Waals surface area contributed by atoms with Crippen LogP contribution in [0.25, 0.3) is 0 Å². The molecule has 6 heteroatoms. The molecule has 18 heavy (non-hydrogen) atoms. The first-order chi connectivity index (χ1) is 8.69. The van der Waals surface area contributed by atoms with Crippen LogP contribution in [0.3, 0.4) is 0 Å². The van der Waals surface area contributed by atoms with Gasteiger partial charge in [0.2, 0.25) is 0 Å². The van der Waals surface area contributed by atoms with E-state index in [0.717, 1.165) is 18.9 Å². The van der Waals surface area contributed by atoms with E-state index in [1.54, 1.807) is 0 Å². The van der Waals surface area contributed by atoms with Gasteiger partial charge in [0, 0.05) is 13.1 Å². The van der Waals surface area contributed by atoms with Gasteiger partial charge in [-0.25, -0.2) is 4.98 Å². The Kier molecular flexibility index (Phi) is 3.96. The first-order valence-corrected chi connectivity index (χ1v) is 6.33. The van der Waals surface area contributed by atoms with Crippen molar-refractivity contribution in [3.63, 3.8) is 0 Å². The molecule has 2 rings (SSSR count). The molecule has 98 valence electrons. The van der Waals surface area contributed by atoms with Gasteiger partial charge in [0.25, 0.3) is 5.69 Å². The second-order valence-corrected chi connectivity index (χ2v) is 4.54. The van der Waals surface area contributed by atoms with Crippen LogP contribution in [-0.4, -0.2) is 23.0 Å². The molecule has 1 aliphatic rings. The van der Waals surface area contributed by atoms with Gasteiger partial charge in [-0.15, -0.1) is 0 Å². The van der Waals surface area contributed by atoms with Crippen LogP contribution in [0.5, 0.6) is 0 Å². The number of nitro groups is 1. The van der Waals surface area contributed by atoms with Crippen molar-refractivity contribution in [3.05, 3.63) is 22.2 Å². The van der Waals surface area contributed by atoms with Crippen LogP contribution < -0.4 is 10.6 Å². The van der Waals surface area contributed by atoms with Crippen LogP contribution in [0.1, 0.15) is 26.2 Å². The van der Waals surface area contributed by atoms with Gasteiger partial charge < -0.3 is 10.6 Å². The molecule has 1 saturated carbocycles. The Morgan fingerprint density at radius 3 is 2.61 bits per heavy atom. The van der Waals surface area contributed by atoms with Crippen LogP contribution in [0, 0.1) is 16.0 Å². The monoisotopic (exact) mass is 250 g/mol. The minimum Gasteiger partial charge on any atom is -0.370 e. The van der Waals surface area contributed by atoms with Gasteiger partial charge in [0.1, 0.15) is 11.6 Å². The molecular formula is C12H18N4O2. The lowest BCUT2D eigenvalue weighted by Crippen LogP contribution is -2.07. The number of pyridine rings is 1. The fourth-order valence-electron chi connectivity index (χ4n) is 1.79. The Hall–Kier alpha value is -1.85. The lowest BCUT2D eigenvalue weighted by molar-refractivity contribution is -0.384. The van der Waals surface area contributed by atoms with Crippen molar-refractivity contribution in [3.8, 4) is 0 Å². The topological polar surface area (TPSA) is 80.1 Å². The maximum Gasteiger partial charge on any atom is 0.276 e. The largest absolute Gasteiger partial charge is 0.370 e. The highest BCUT2D eigenvalue weighted by Crippen LogP contribution is 2.32. The number of nitrogens with zero attached hydrogens (tertiary/aromatic N) is 2. The zero-order chi connectivity index (χ0) is 13.0. The highest BCUT2D eigenvalue weighted by atomic mass is 16.6. The Morgan fingerprint density at radius 1 is 1.39 bits per heavy atom. The molecule has 0 radical (unpaired) electrons. The van der Waals surface area contributed by atoms with Crippen molar-refractivity contribution in [1.82, 2.24) is 4.98 Å².